The summed E-state index contributed by atoms with van der Waals surface area (Å²) in [5.74, 6) is 0.428. The highest BCUT2D eigenvalue weighted by atomic mass is 32.2. The summed E-state index contributed by atoms with van der Waals surface area (Å²) >= 11 is 1.23. The third-order valence-electron chi connectivity index (χ3n) is 4.32. The number of carbonyl (C=O) groups excluding carboxylic acids is 1. The van der Waals surface area contributed by atoms with Crippen molar-refractivity contribution >= 4 is 23.9 Å². The average molecular weight is 447 g/mol. The van der Waals surface area contributed by atoms with E-state index in [1.54, 1.807) is 0 Å². The first-order valence-electron chi connectivity index (χ1n) is 9.40. The Bertz CT molecular complexity index is 1060. The quantitative estimate of drug-likeness (QED) is 0.328. The van der Waals surface area contributed by atoms with Gasteiger partial charge in [-0.15, -0.1) is 10.2 Å². The van der Waals surface area contributed by atoms with E-state index >= 15 is 0 Å². The number of hydrazone groups is 1. The van der Waals surface area contributed by atoms with Crippen LogP contribution in [0, 0.1) is 6.92 Å². The van der Waals surface area contributed by atoms with Crippen LogP contribution in [0.2, 0.25) is 0 Å². The maximum absolute atomic E-state index is 12.6. The van der Waals surface area contributed by atoms with Gasteiger partial charge >= 0.3 is 6.18 Å². The molecule has 0 aliphatic rings. The molecule has 0 atom stereocenters. The number of rotatable bonds is 7. The number of hydrogen-bond acceptors (Lipinski definition) is 5. The molecule has 1 heterocycles. The minimum absolute atomic E-state index is 0.0659. The molecule has 0 aliphatic carbocycles. The normalized spacial score (nSPS) is 11.8. The third kappa shape index (κ3) is 5.94. The van der Waals surface area contributed by atoms with Crippen LogP contribution in [0.4, 0.5) is 13.2 Å². The van der Waals surface area contributed by atoms with E-state index in [-0.39, 0.29) is 11.7 Å². The highest BCUT2D eigenvalue weighted by Gasteiger charge is 2.29. The second-order valence-corrected chi connectivity index (χ2v) is 7.56. The van der Waals surface area contributed by atoms with E-state index in [9.17, 15) is 18.0 Å². The minimum Gasteiger partial charge on any atom is -0.302 e. The van der Waals surface area contributed by atoms with E-state index in [0.717, 1.165) is 29.1 Å². The Labute approximate surface area is 181 Å². The molecule has 1 aromatic heterocycles. The topological polar surface area (TPSA) is 72.2 Å². The van der Waals surface area contributed by atoms with E-state index in [1.165, 1.54) is 30.1 Å². The molecule has 1 amide bonds. The molecule has 0 fully saturated rings. The molecule has 0 radical (unpaired) electrons. The van der Waals surface area contributed by atoms with Crippen molar-refractivity contribution < 1.29 is 18.0 Å². The molecule has 0 bridgehead atoms. The van der Waals surface area contributed by atoms with Crippen LogP contribution in [0.5, 0.6) is 0 Å². The highest BCUT2D eigenvalue weighted by molar-refractivity contribution is 7.99. The van der Waals surface area contributed by atoms with Gasteiger partial charge in [-0.25, -0.2) is 5.43 Å². The van der Waals surface area contributed by atoms with Gasteiger partial charge in [0, 0.05) is 12.1 Å². The minimum atomic E-state index is -4.39. The lowest BCUT2D eigenvalue weighted by atomic mass is 10.1. The zero-order valence-electron chi connectivity index (χ0n) is 16.8. The number of aryl methyl sites for hydroxylation is 1. The molecule has 6 nitrogen and oxygen atoms in total. The molecular weight excluding hydrogens is 427 g/mol. The van der Waals surface area contributed by atoms with Crippen molar-refractivity contribution in [1.82, 2.24) is 20.2 Å². The zero-order chi connectivity index (χ0) is 22.4. The fourth-order valence-corrected chi connectivity index (χ4v) is 3.49. The standard InChI is InChI=1S/C21H20F3N5OS/c1-3-29-19(16-8-4-14(2)5-9-16)27-28-20(29)31-13-18(30)26-25-12-15-6-10-17(11-7-15)21(22,23)24/h4-12H,3,13H2,1-2H3,(H,26,30)/b25-12+. The molecular formula is C21H20F3N5OS. The number of carbonyl (C=O) groups is 1. The first-order chi connectivity index (χ1) is 14.8. The molecule has 31 heavy (non-hydrogen) atoms. The van der Waals surface area contributed by atoms with Crippen LogP contribution in [0.25, 0.3) is 11.4 Å². The van der Waals surface area contributed by atoms with Gasteiger partial charge in [-0.1, -0.05) is 53.7 Å². The van der Waals surface area contributed by atoms with Crippen LogP contribution in [0.1, 0.15) is 23.6 Å². The zero-order valence-corrected chi connectivity index (χ0v) is 17.7. The molecule has 10 heteroatoms. The van der Waals surface area contributed by atoms with Crippen LogP contribution >= 0.6 is 11.8 Å². The predicted octanol–water partition coefficient (Wildman–Crippen LogP) is 4.53. The number of amides is 1. The van der Waals surface area contributed by atoms with Gasteiger partial charge in [-0.05, 0) is 31.5 Å². The molecule has 3 aromatic rings. The largest absolute Gasteiger partial charge is 0.416 e. The second-order valence-electron chi connectivity index (χ2n) is 6.62. The summed E-state index contributed by atoms with van der Waals surface area (Å²) in [6, 6.07) is 12.4. The molecule has 0 aliphatic heterocycles. The molecule has 3 rings (SSSR count). The van der Waals surface area contributed by atoms with E-state index in [1.807, 2.05) is 42.7 Å². The van der Waals surface area contributed by atoms with Gasteiger partial charge in [0.05, 0.1) is 17.5 Å². The van der Waals surface area contributed by atoms with Gasteiger partial charge in [0.25, 0.3) is 5.91 Å². The Morgan fingerprint density at radius 1 is 1.13 bits per heavy atom. The number of hydrogen-bond donors (Lipinski definition) is 1. The number of nitrogens with zero attached hydrogens (tertiary/aromatic N) is 4. The summed E-state index contributed by atoms with van der Waals surface area (Å²) in [7, 11) is 0. The summed E-state index contributed by atoms with van der Waals surface area (Å²) in [5, 5.41) is 12.8. The van der Waals surface area contributed by atoms with Gasteiger partial charge in [0.2, 0.25) is 0 Å². The molecule has 0 spiro atoms. The lowest BCUT2D eigenvalue weighted by Crippen LogP contribution is -2.20. The van der Waals surface area contributed by atoms with E-state index < -0.39 is 11.7 Å². The number of nitrogens with one attached hydrogen (secondary N) is 1. The number of thioether (sulfide) groups is 1. The Kier molecular flexibility index (Phi) is 7.11. The fraction of sp³-hybridized carbons (Fsp3) is 0.238. The lowest BCUT2D eigenvalue weighted by molar-refractivity contribution is -0.137. The van der Waals surface area contributed by atoms with Gasteiger partial charge < -0.3 is 4.57 Å². The van der Waals surface area contributed by atoms with Crippen LogP contribution < -0.4 is 5.43 Å². The van der Waals surface area contributed by atoms with E-state index in [0.29, 0.717) is 17.3 Å². The number of halogens is 3. The maximum atomic E-state index is 12.6. The Morgan fingerprint density at radius 3 is 2.42 bits per heavy atom. The van der Waals surface area contributed by atoms with Gasteiger partial charge in [0.15, 0.2) is 11.0 Å². The lowest BCUT2D eigenvalue weighted by Gasteiger charge is -2.07. The number of benzene rings is 2. The molecule has 0 saturated carbocycles. The van der Waals surface area contributed by atoms with Crippen molar-refractivity contribution in [3.8, 4) is 11.4 Å². The molecule has 162 valence electrons. The SMILES string of the molecule is CCn1c(SCC(=O)N/N=C/c2ccc(C(F)(F)F)cc2)nnc1-c1ccc(C)cc1. The monoisotopic (exact) mass is 447 g/mol. The summed E-state index contributed by atoms with van der Waals surface area (Å²) in [4.78, 5) is 12.1. The summed E-state index contributed by atoms with van der Waals surface area (Å²) < 4.78 is 39.6. The van der Waals surface area contributed by atoms with E-state index in [4.69, 9.17) is 0 Å². The van der Waals surface area contributed by atoms with Crippen LogP contribution in [-0.2, 0) is 17.5 Å². The molecule has 0 unspecified atom stereocenters. The van der Waals surface area contributed by atoms with Crippen molar-refractivity contribution in [3.63, 3.8) is 0 Å². The number of aromatic nitrogens is 3. The summed E-state index contributed by atoms with van der Waals surface area (Å²) in [6.45, 7) is 4.63. The van der Waals surface area contributed by atoms with Crippen molar-refractivity contribution in [2.75, 3.05) is 5.75 Å². The van der Waals surface area contributed by atoms with E-state index in [2.05, 4.69) is 20.7 Å². The second kappa shape index (κ2) is 9.78. The smallest absolute Gasteiger partial charge is 0.302 e. The average Bonchev–Trinajstić information content (AvgIpc) is 3.15. The van der Waals surface area contributed by atoms with Crippen LogP contribution in [0.3, 0.4) is 0 Å². The van der Waals surface area contributed by atoms with Gasteiger partial charge in [-0.2, -0.15) is 18.3 Å². The first-order valence-corrected chi connectivity index (χ1v) is 10.4. The predicted molar refractivity (Wildman–Crippen MR) is 114 cm³/mol. The summed E-state index contributed by atoms with van der Waals surface area (Å²) in [5.41, 5.74) is 4.15. The molecule has 1 N–H and O–H groups in total. The Hall–Kier alpha value is -3.14. The maximum Gasteiger partial charge on any atom is 0.416 e. The molecule has 0 saturated heterocycles. The first kappa shape index (κ1) is 22.5. The number of alkyl halides is 3. The van der Waals surface area contributed by atoms with Gasteiger partial charge in [-0.3, -0.25) is 4.79 Å². The summed E-state index contributed by atoms with van der Waals surface area (Å²) in [6.07, 6.45) is -3.10. The van der Waals surface area contributed by atoms with Crippen molar-refractivity contribution in [1.29, 1.82) is 0 Å². The van der Waals surface area contributed by atoms with Gasteiger partial charge in [0.1, 0.15) is 0 Å². The van der Waals surface area contributed by atoms with Crippen LogP contribution in [0.15, 0.2) is 58.8 Å². The Morgan fingerprint density at radius 2 is 1.81 bits per heavy atom. The Balaban J connectivity index is 1.56. The molecule has 2 aromatic carbocycles. The van der Waals surface area contributed by atoms with Crippen molar-refractivity contribution in [2.45, 2.75) is 31.7 Å². The van der Waals surface area contributed by atoms with Crippen molar-refractivity contribution in [3.05, 3.63) is 65.2 Å². The van der Waals surface area contributed by atoms with Crippen molar-refractivity contribution in [2.24, 2.45) is 5.10 Å². The third-order valence-corrected chi connectivity index (χ3v) is 5.28. The highest BCUT2D eigenvalue weighted by Crippen LogP contribution is 2.29. The van der Waals surface area contributed by atoms with Crippen LogP contribution in [-0.4, -0.2) is 32.6 Å². The fourth-order valence-electron chi connectivity index (χ4n) is 2.70.